The molecule has 2 aromatic rings. The van der Waals surface area contributed by atoms with E-state index in [-0.39, 0.29) is 198 Å². The third-order valence-corrected chi connectivity index (χ3v) is 27.4. The number of Topliss-reactive ketones (excluding diaryl/α,β-unsaturated/α-hetero) is 4. The van der Waals surface area contributed by atoms with Crippen LogP contribution in [-0.4, -0.2) is 283 Å². The van der Waals surface area contributed by atoms with Gasteiger partial charge in [-0.3, -0.25) is 71.9 Å². The number of nitrogens with one attached hydrogen (secondary N) is 1. The minimum absolute atomic E-state index is 0. The number of unbranched alkanes of at least 4 members (excludes halogenated alkanes) is 2. The summed E-state index contributed by atoms with van der Waals surface area (Å²) in [5.74, 6) is -12.7. The van der Waals surface area contributed by atoms with Crippen molar-refractivity contribution in [1.29, 1.82) is 0 Å². The molecule has 3 aliphatic rings. The van der Waals surface area contributed by atoms with E-state index in [1.807, 2.05) is 144 Å². The summed E-state index contributed by atoms with van der Waals surface area (Å²) in [5.41, 5.74) is 6.15. The van der Waals surface area contributed by atoms with Crippen molar-refractivity contribution in [3.63, 3.8) is 0 Å². The molecule has 1 unspecified atom stereocenters. The first kappa shape index (κ1) is 122. The Morgan fingerprint density at radius 1 is 0.459 bits per heavy atom. The lowest BCUT2D eigenvalue weighted by molar-refractivity contribution is -0.197. The van der Waals surface area contributed by atoms with Gasteiger partial charge in [-0.25, -0.2) is 4.79 Å². The topological polar surface area (TPSA) is 420 Å². The number of aliphatic carboxylic acids is 2. The maximum Gasteiger partial charge on any atom is 0.333 e. The number of methoxy groups -OCH3 is 4. The summed E-state index contributed by atoms with van der Waals surface area (Å²) in [7, 11) is 14.1. The maximum absolute atomic E-state index is 14.6. The summed E-state index contributed by atoms with van der Waals surface area (Å²) < 4.78 is 24.0. The second-order valence-corrected chi connectivity index (χ2v) is 38.2. The number of carboxylic acid groups (broad SMARTS) is 2. The Kier molecular flexibility index (Phi) is 55.8. The first-order valence-electron chi connectivity index (χ1n) is 48.6. The summed E-state index contributed by atoms with van der Waals surface area (Å²) >= 11 is 0. The van der Waals surface area contributed by atoms with E-state index in [1.54, 1.807) is 54.6 Å². The lowest BCUT2D eigenvalue weighted by Crippen LogP contribution is -2.54. The van der Waals surface area contributed by atoms with Crippen LogP contribution in [0.2, 0.25) is 0 Å². The van der Waals surface area contributed by atoms with Crippen LogP contribution in [0.4, 0.5) is 0 Å². The van der Waals surface area contributed by atoms with Crippen molar-refractivity contribution in [2.75, 3.05) is 83.3 Å². The average Bonchev–Trinajstić information content (AvgIpc) is 1.56. The van der Waals surface area contributed by atoms with E-state index >= 15 is 0 Å². The monoisotopic (exact) mass is 1900 g/mol. The van der Waals surface area contributed by atoms with Crippen LogP contribution in [0.25, 0.3) is 0 Å². The number of amides is 9. The average molecular weight is 1900 g/mol. The molecule has 0 radical (unpaired) electrons. The van der Waals surface area contributed by atoms with E-state index in [0.29, 0.717) is 69.6 Å². The zero-order valence-corrected chi connectivity index (χ0v) is 84.9. The highest BCUT2D eigenvalue weighted by molar-refractivity contribution is 6.02. The smallest absolute Gasteiger partial charge is 0.333 e. The lowest BCUT2D eigenvalue weighted by atomic mass is 9.83. The Morgan fingerprint density at radius 2 is 0.822 bits per heavy atom. The van der Waals surface area contributed by atoms with Crippen LogP contribution in [0.3, 0.4) is 0 Å². The first-order valence-corrected chi connectivity index (χ1v) is 48.6. The van der Waals surface area contributed by atoms with Gasteiger partial charge < -0.3 is 74.4 Å². The van der Waals surface area contributed by atoms with Gasteiger partial charge in [-0.2, -0.15) is 0 Å². The molecule has 3 aliphatic heterocycles. The van der Waals surface area contributed by atoms with E-state index in [1.165, 1.54) is 52.3 Å². The fourth-order valence-corrected chi connectivity index (χ4v) is 19.3. The molecular formula is C103H169N9O23. The fraction of sp³-hybridized carbons (Fsp3) is 0.728. The number of benzene rings is 2. The minimum Gasteiger partial charge on any atom is -0.481 e. The number of hydrogen-bond donors (Lipinski definition) is 4. The summed E-state index contributed by atoms with van der Waals surface area (Å²) in [6.07, 6.45) is 4.29. The Labute approximate surface area is 805 Å². The van der Waals surface area contributed by atoms with Gasteiger partial charge in [0.15, 0.2) is 11.6 Å². The number of hydrogen-bond acceptors (Lipinski definition) is 22. The molecule has 0 aromatic heterocycles. The van der Waals surface area contributed by atoms with Crippen LogP contribution in [0.1, 0.15) is 270 Å². The van der Waals surface area contributed by atoms with E-state index < -0.39 is 132 Å². The largest absolute Gasteiger partial charge is 0.481 e. The summed E-state index contributed by atoms with van der Waals surface area (Å²) in [6, 6.07) is 14.8. The van der Waals surface area contributed by atoms with Crippen molar-refractivity contribution in [1.82, 2.24) is 39.8 Å². The molecule has 32 nitrogen and oxygen atoms in total. The highest BCUT2D eigenvalue weighted by Gasteiger charge is 2.48. The number of hydroxylamine groups is 2. The number of ether oxygens (including phenoxy) is 4. The summed E-state index contributed by atoms with van der Waals surface area (Å²) in [4.78, 5) is 227. The van der Waals surface area contributed by atoms with Gasteiger partial charge in [-0.05, 0) is 111 Å². The molecule has 0 saturated carbocycles. The third kappa shape index (κ3) is 36.9. The molecule has 3 saturated heterocycles. The van der Waals surface area contributed by atoms with E-state index in [0.717, 1.165) is 30.4 Å². The number of likely N-dealkylation sites (N-methyl/N-ethyl adjacent to an activating group) is 4. The Morgan fingerprint density at radius 3 is 1.14 bits per heavy atom. The molecule has 3 fully saturated rings. The molecule has 5 N–H and O–H groups in total. The molecule has 764 valence electrons. The van der Waals surface area contributed by atoms with Gasteiger partial charge in [0.25, 0.3) is 11.8 Å². The van der Waals surface area contributed by atoms with Crippen molar-refractivity contribution < 1.29 is 111 Å². The second kappa shape index (κ2) is 61.9. The third-order valence-electron chi connectivity index (χ3n) is 27.4. The van der Waals surface area contributed by atoms with Crippen molar-refractivity contribution in [3.05, 3.63) is 71.8 Å². The summed E-state index contributed by atoms with van der Waals surface area (Å²) in [6.45, 7) is 30.0. The van der Waals surface area contributed by atoms with Crippen molar-refractivity contribution in [3.8, 4) is 0 Å². The van der Waals surface area contributed by atoms with Gasteiger partial charge in [0.05, 0.1) is 85.3 Å². The van der Waals surface area contributed by atoms with Crippen LogP contribution in [0.5, 0.6) is 0 Å². The Bertz CT molecular complexity index is 4060. The molecule has 5 rings (SSSR count). The molecular weight excluding hydrogens is 1730 g/mol. The summed E-state index contributed by atoms with van der Waals surface area (Å²) in [5, 5.41) is 23.4. The molecule has 0 spiro atoms. The molecule has 0 aliphatic carbocycles. The standard InChI is InChI=1S/C51H84N4O10.C50H76N4O13.CH5N.CH4/c1-13-15-19-27-52-44(58)25-20-26-45(59)53(9)47(34(5)6)42(57)31-39(33(3)4)50(61)54(10)48(35(7)14-2)43(64-11)32-46(60)55-28-21-24-40(55)49(65-12)36(8)41(56)30-38(51(62)63)29-37-22-17-16-18-23-37;1-12-32(6)47(40(65-10)29-44(60)53-25-17-20-37(53)48(66-11)33(7)38(55)27-35(50(63)64)26-34-18-14-13-15-19-34)52(9)49(62)36(30(2)3)28-39(56)46(31(4)5)51(8)41(57)21-16-22-45(61)67-54-42(58)23-24-43(54)59;1-2;/h16-18,22-23,33-36,38-40,43,47-49H,13-15,19-21,24-32H2,1-12H3,(H,52,58)(H,62,63);13-15,18-19,30-33,35-37,40,46-48H,12,16-17,20-29H2,1-11H3,(H,63,64);2H2,1H3;1H4/t35-,36-,38+,39-,40-,43+,47-,48?,49+;32-,33-,35+,36-,37-,40+,46-,47-,48+;;/m00../s1. The van der Waals surface area contributed by atoms with Gasteiger partial charge in [-0.1, -0.05) is 198 Å². The number of likely N-dealkylation sites (tertiary alicyclic amines) is 2. The molecule has 0 bridgehead atoms. The SMILES string of the molecule is C.CCCCCNC(=O)CCCC(=O)N(C)[C@H](C(=O)C[C@H](C(=O)N(C)C([C@@H](C)CC)[C@@H](CC(=O)N1CCC[C@H]1[C@H](OC)[C@@H](C)C(=O)C[C@@H](Cc1ccccc1)C(=O)O)OC)C(C)C)C(C)C.CC[C@H](C)[C@@H]([C@@H](CC(=O)N1CCC[C@H]1[C@H](OC)[C@@H](C)C(=O)C[C@@H](Cc1ccccc1)C(=O)O)OC)N(C)C(=O)[C@@H](CC(=O)[C@H](C(C)C)N(C)C(=O)CCCC(=O)ON1C(=O)CCC1=O)C(C)C.CN. The first-order chi connectivity index (χ1) is 63.3. The van der Waals surface area contributed by atoms with Crippen LogP contribution in [-0.2, 0) is 113 Å². The molecule has 18 atom stereocenters. The predicted molar refractivity (Wildman–Crippen MR) is 517 cm³/mol. The molecule has 3 heterocycles. The van der Waals surface area contributed by atoms with Crippen LogP contribution >= 0.6 is 0 Å². The van der Waals surface area contributed by atoms with Gasteiger partial charge in [0.2, 0.25) is 41.4 Å². The van der Waals surface area contributed by atoms with Crippen molar-refractivity contribution in [2.24, 2.45) is 76.7 Å². The van der Waals surface area contributed by atoms with E-state index in [2.05, 4.69) is 18.0 Å². The zero-order valence-electron chi connectivity index (χ0n) is 84.9. The van der Waals surface area contributed by atoms with E-state index in [4.69, 9.17) is 23.8 Å². The zero-order chi connectivity index (χ0) is 101. The van der Waals surface area contributed by atoms with Crippen molar-refractivity contribution >= 4 is 94.2 Å². The molecule has 9 amide bonds. The van der Waals surface area contributed by atoms with Gasteiger partial charge >= 0.3 is 17.9 Å². The number of rotatable bonds is 59. The van der Waals surface area contributed by atoms with Crippen molar-refractivity contribution in [2.45, 2.75) is 332 Å². The highest BCUT2D eigenvalue weighted by atomic mass is 16.7. The predicted octanol–water partition coefficient (Wildman–Crippen LogP) is 12.5. The Hall–Kier alpha value is -9.24. The number of imide groups is 1. The van der Waals surface area contributed by atoms with Crippen LogP contribution < -0.4 is 11.1 Å². The minimum atomic E-state index is -1.06. The molecule has 135 heavy (non-hydrogen) atoms. The van der Waals surface area contributed by atoms with E-state index in [9.17, 15) is 86.9 Å². The van der Waals surface area contributed by atoms with Gasteiger partial charge in [0.1, 0.15) is 11.6 Å². The van der Waals surface area contributed by atoms with Gasteiger partial charge in [-0.15, -0.1) is 5.06 Å². The van der Waals surface area contributed by atoms with Gasteiger partial charge in [0, 0.05) is 164 Å². The lowest BCUT2D eigenvalue weighted by Gasteiger charge is -2.41. The quantitative estimate of drug-likeness (QED) is 0.0353. The normalized spacial score (nSPS) is 17.9. The number of carbonyl (C=O) groups excluding carboxylic acids is 14. The molecule has 2 aromatic carbocycles. The van der Waals surface area contributed by atoms with Crippen LogP contribution in [0.15, 0.2) is 60.7 Å². The Balaban J connectivity index is 0.000000891. The number of carbonyl (C=O) groups is 16. The number of ketones is 4. The maximum atomic E-state index is 14.6. The molecule has 32 heteroatoms. The fourth-order valence-electron chi connectivity index (χ4n) is 19.3. The number of nitrogens with zero attached hydrogens (tertiary/aromatic N) is 7. The number of carboxylic acids is 2. The highest BCUT2D eigenvalue weighted by Crippen LogP contribution is 2.36. The van der Waals surface area contributed by atoms with Crippen LogP contribution in [0, 0.1) is 71.0 Å². The number of nitrogens with two attached hydrogens (primary N) is 1. The second-order valence-electron chi connectivity index (χ2n) is 38.2.